The van der Waals surface area contributed by atoms with Gasteiger partial charge in [-0.1, -0.05) is 11.6 Å². The first-order valence-electron chi connectivity index (χ1n) is 8.15. The molecule has 1 fully saturated rings. The van der Waals surface area contributed by atoms with Crippen LogP contribution in [0, 0.1) is 0 Å². The van der Waals surface area contributed by atoms with Gasteiger partial charge in [0.25, 0.3) is 5.91 Å². The number of carbonyl (C=O) groups is 1. The van der Waals surface area contributed by atoms with Crippen molar-refractivity contribution in [3.05, 3.63) is 39.8 Å². The summed E-state index contributed by atoms with van der Waals surface area (Å²) in [4.78, 5) is 16.8. The minimum Gasteiger partial charge on any atom is -0.488 e. The number of hydrogen-bond acceptors (Lipinski definition) is 8. The molecule has 0 radical (unpaired) electrons. The summed E-state index contributed by atoms with van der Waals surface area (Å²) in [5, 5.41) is 8.99. The highest BCUT2D eigenvalue weighted by Crippen LogP contribution is 2.29. The molecular weight excluding hydrogens is 430 g/mol. The number of hydrogen-bond donors (Lipinski definition) is 2. The van der Waals surface area contributed by atoms with Crippen LogP contribution in [0.4, 0.5) is 0 Å². The van der Waals surface area contributed by atoms with Gasteiger partial charge in [-0.05, 0) is 31.2 Å². The summed E-state index contributed by atoms with van der Waals surface area (Å²) in [7, 11) is -4.00. The molecule has 2 aromatic rings. The molecule has 12 heteroatoms. The largest absolute Gasteiger partial charge is 0.488 e. The average molecular weight is 448 g/mol. The Labute approximate surface area is 170 Å². The second-order valence-corrected chi connectivity index (χ2v) is 9.74. The van der Waals surface area contributed by atoms with Gasteiger partial charge in [0.1, 0.15) is 17.9 Å². The summed E-state index contributed by atoms with van der Waals surface area (Å²) in [6.45, 7) is 1.61. The first kappa shape index (κ1) is 21.0. The fourth-order valence-electron chi connectivity index (χ4n) is 2.76. The van der Waals surface area contributed by atoms with E-state index < -0.39 is 21.5 Å². The third-order valence-corrected chi connectivity index (χ3v) is 7.40. The van der Waals surface area contributed by atoms with E-state index >= 15 is 0 Å². The van der Waals surface area contributed by atoms with Crippen LogP contribution in [0.3, 0.4) is 0 Å². The lowest BCUT2D eigenvalue weighted by Crippen LogP contribution is -2.64. The zero-order valence-corrected chi connectivity index (χ0v) is 17.2. The van der Waals surface area contributed by atoms with Crippen LogP contribution < -0.4 is 10.2 Å². The fraction of sp³-hybridized carbons (Fsp3) is 0.375. The lowest BCUT2D eigenvalue weighted by Gasteiger charge is -2.41. The monoisotopic (exact) mass is 447 g/mol. The van der Waals surface area contributed by atoms with E-state index in [0.29, 0.717) is 10.2 Å². The number of rotatable bonds is 6. The van der Waals surface area contributed by atoms with Crippen molar-refractivity contribution in [2.24, 2.45) is 0 Å². The summed E-state index contributed by atoms with van der Waals surface area (Å²) >= 11 is 7.06. The van der Waals surface area contributed by atoms with Gasteiger partial charge >= 0.3 is 0 Å². The molecule has 1 aliphatic heterocycles. The first-order valence-corrected chi connectivity index (χ1v) is 10.8. The highest BCUT2D eigenvalue weighted by molar-refractivity contribution is 7.89. The van der Waals surface area contributed by atoms with E-state index in [9.17, 15) is 13.2 Å². The Bertz CT molecular complexity index is 950. The standard InChI is InChI=1S/C16H18ClN3O6S2/c1-16(14(21)19-22)10-25-7-6-20(16)28(23,24)13-4-2-11(3-5-13)26-9-12-8-18-15(17)27-12/h2-5,8,22H,6-7,9-10H2,1H3,(H,19,21)/t16-/m1/s1. The number of morpholine rings is 1. The van der Waals surface area contributed by atoms with Crippen LogP contribution in [-0.4, -0.2) is 54.1 Å². The summed E-state index contributed by atoms with van der Waals surface area (Å²) in [6.07, 6.45) is 1.61. The number of carbonyl (C=O) groups excluding carboxylic acids is 1. The molecule has 1 aliphatic rings. The Morgan fingerprint density at radius 2 is 2.18 bits per heavy atom. The highest BCUT2D eigenvalue weighted by Gasteiger charge is 2.48. The number of benzene rings is 1. The summed E-state index contributed by atoms with van der Waals surface area (Å²) in [6, 6.07) is 5.85. The van der Waals surface area contributed by atoms with E-state index in [1.165, 1.54) is 48.0 Å². The molecule has 3 rings (SSSR count). The summed E-state index contributed by atoms with van der Waals surface area (Å²) in [5.41, 5.74) is -0.0498. The molecule has 2 heterocycles. The van der Waals surface area contributed by atoms with Crippen molar-refractivity contribution in [2.75, 3.05) is 19.8 Å². The Morgan fingerprint density at radius 1 is 1.46 bits per heavy atom. The van der Waals surface area contributed by atoms with E-state index in [2.05, 4.69) is 4.98 Å². The molecule has 28 heavy (non-hydrogen) atoms. The van der Waals surface area contributed by atoms with Crippen LogP contribution in [0.25, 0.3) is 0 Å². The van der Waals surface area contributed by atoms with Crippen molar-refractivity contribution in [1.82, 2.24) is 14.8 Å². The van der Waals surface area contributed by atoms with Gasteiger partial charge in [0, 0.05) is 12.7 Å². The molecule has 9 nitrogen and oxygen atoms in total. The third kappa shape index (κ3) is 4.14. The molecule has 0 spiro atoms. The van der Waals surface area contributed by atoms with Crippen LogP contribution in [0.5, 0.6) is 5.75 Å². The number of amides is 1. The van der Waals surface area contributed by atoms with E-state index in [-0.39, 0.29) is 31.3 Å². The van der Waals surface area contributed by atoms with Crippen LogP contribution >= 0.6 is 22.9 Å². The zero-order valence-electron chi connectivity index (χ0n) is 14.8. The Balaban J connectivity index is 1.78. The van der Waals surface area contributed by atoms with E-state index in [0.717, 1.165) is 9.18 Å². The SMILES string of the molecule is C[C@]1(C(=O)NO)COCCN1S(=O)(=O)c1ccc(OCc2cnc(Cl)s2)cc1. The number of ether oxygens (including phenoxy) is 2. The Hall–Kier alpha value is -1.76. The molecule has 1 atom stereocenters. The van der Waals surface area contributed by atoms with Crippen molar-refractivity contribution in [1.29, 1.82) is 0 Å². The van der Waals surface area contributed by atoms with Gasteiger partial charge < -0.3 is 9.47 Å². The smallest absolute Gasteiger partial charge is 0.266 e. The van der Waals surface area contributed by atoms with Gasteiger partial charge in [0.2, 0.25) is 10.0 Å². The van der Waals surface area contributed by atoms with Crippen LogP contribution in [0.1, 0.15) is 11.8 Å². The highest BCUT2D eigenvalue weighted by atomic mass is 35.5. The molecule has 0 aliphatic carbocycles. The quantitative estimate of drug-likeness (QED) is 0.510. The maximum absolute atomic E-state index is 13.1. The van der Waals surface area contributed by atoms with Gasteiger partial charge in [-0.3, -0.25) is 10.0 Å². The maximum atomic E-state index is 13.1. The van der Waals surface area contributed by atoms with E-state index in [1.54, 1.807) is 6.20 Å². The molecule has 0 unspecified atom stereocenters. The molecule has 1 saturated heterocycles. The average Bonchev–Trinajstić information content (AvgIpc) is 3.11. The minimum absolute atomic E-state index is 0.000417. The molecular formula is C16H18ClN3O6S2. The summed E-state index contributed by atoms with van der Waals surface area (Å²) in [5.74, 6) is -0.389. The Kier molecular flexibility index (Phi) is 6.22. The number of hydroxylamine groups is 1. The number of nitrogens with one attached hydrogen (secondary N) is 1. The van der Waals surface area contributed by atoms with Crippen LogP contribution in [-0.2, 0) is 26.2 Å². The molecule has 0 bridgehead atoms. The number of sulfonamides is 1. The lowest BCUT2D eigenvalue weighted by atomic mass is 10.0. The molecule has 152 valence electrons. The first-order chi connectivity index (χ1) is 13.3. The number of aromatic nitrogens is 1. The molecule has 0 saturated carbocycles. The van der Waals surface area contributed by atoms with Gasteiger partial charge in [-0.2, -0.15) is 4.31 Å². The minimum atomic E-state index is -4.00. The second kappa shape index (κ2) is 8.31. The van der Waals surface area contributed by atoms with Crippen molar-refractivity contribution < 1.29 is 27.9 Å². The van der Waals surface area contributed by atoms with Crippen molar-refractivity contribution >= 4 is 38.9 Å². The maximum Gasteiger partial charge on any atom is 0.266 e. The number of nitrogens with zero attached hydrogens (tertiary/aromatic N) is 2. The normalized spacial score (nSPS) is 20.7. The second-order valence-electron chi connectivity index (χ2n) is 6.18. The van der Waals surface area contributed by atoms with Gasteiger partial charge in [0.15, 0.2) is 4.47 Å². The zero-order chi connectivity index (χ0) is 20.4. The molecule has 2 N–H and O–H groups in total. The fourth-order valence-corrected chi connectivity index (χ4v) is 5.37. The Morgan fingerprint density at radius 3 is 2.79 bits per heavy atom. The predicted molar refractivity (Wildman–Crippen MR) is 101 cm³/mol. The van der Waals surface area contributed by atoms with Crippen molar-refractivity contribution in [2.45, 2.75) is 24.0 Å². The van der Waals surface area contributed by atoms with Crippen molar-refractivity contribution in [3.8, 4) is 5.75 Å². The number of thiazole rings is 1. The molecule has 1 aromatic carbocycles. The number of halogens is 1. The predicted octanol–water partition coefficient (Wildman–Crippen LogP) is 1.66. The van der Waals surface area contributed by atoms with Crippen molar-refractivity contribution in [3.63, 3.8) is 0 Å². The topological polar surface area (TPSA) is 118 Å². The van der Waals surface area contributed by atoms with Gasteiger partial charge in [-0.25, -0.2) is 18.9 Å². The lowest BCUT2D eigenvalue weighted by molar-refractivity contribution is -0.146. The van der Waals surface area contributed by atoms with Gasteiger partial charge in [-0.15, -0.1) is 11.3 Å². The summed E-state index contributed by atoms with van der Waals surface area (Å²) < 4.78 is 38.4. The van der Waals surface area contributed by atoms with Crippen LogP contribution in [0.15, 0.2) is 35.4 Å². The van der Waals surface area contributed by atoms with Crippen LogP contribution in [0.2, 0.25) is 4.47 Å². The van der Waals surface area contributed by atoms with Gasteiger partial charge in [0.05, 0.1) is 23.0 Å². The van der Waals surface area contributed by atoms with E-state index in [4.69, 9.17) is 26.3 Å². The molecule has 1 aromatic heterocycles. The van der Waals surface area contributed by atoms with E-state index in [1.807, 2.05) is 0 Å². The third-order valence-electron chi connectivity index (χ3n) is 4.28. The molecule has 1 amide bonds.